The number of halogens is 2. The molecule has 0 saturated heterocycles. The SMILES string of the molecule is NC(=O)c1nnc(N[C@@H]2CCCC[C@@H]2N)nc1Nc1ccc2c(cnn2C(F)F)c1. The molecule has 10 nitrogen and oxygen atoms in total. The van der Waals surface area contributed by atoms with Gasteiger partial charge < -0.3 is 22.1 Å². The summed E-state index contributed by atoms with van der Waals surface area (Å²) in [4.78, 5) is 16.1. The fourth-order valence-corrected chi connectivity index (χ4v) is 3.57. The van der Waals surface area contributed by atoms with Gasteiger partial charge >= 0.3 is 6.55 Å². The molecule has 1 fully saturated rings. The summed E-state index contributed by atoms with van der Waals surface area (Å²) in [5.41, 5.74) is 12.2. The minimum Gasteiger partial charge on any atom is -0.364 e. The highest BCUT2D eigenvalue weighted by molar-refractivity contribution is 5.96. The molecule has 12 heteroatoms. The van der Waals surface area contributed by atoms with E-state index >= 15 is 0 Å². The summed E-state index contributed by atoms with van der Waals surface area (Å²) >= 11 is 0. The number of amides is 1. The zero-order valence-corrected chi connectivity index (χ0v) is 15.9. The molecule has 158 valence electrons. The summed E-state index contributed by atoms with van der Waals surface area (Å²) < 4.78 is 26.6. The number of carbonyl (C=O) groups excluding carboxylic acids is 1. The first-order chi connectivity index (χ1) is 14.4. The predicted octanol–water partition coefficient (Wildman–Crippen LogP) is 2.14. The lowest BCUT2D eigenvalue weighted by Crippen LogP contribution is -2.43. The van der Waals surface area contributed by atoms with Crippen LogP contribution < -0.4 is 22.1 Å². The highest BCUT2D eigenvalue weighted by atomic mass is 19.3. The Bertz CT molecular complexity index is 1070. The summed E-state index contributed by atoms with van der Waals surface area (Å²) in [7, 11) is 0. The van der Waals surface area contributed by atoms with E-state index in [1.54, 1.807) is 12.1 Å². The molecule has 1 aliphatic rings. The molecule has 2 heterocycles. The van der Waals surface area contributed by atoms with Gasteiger partial charge in [-0.2, -0.15) is 18.9 Å². The van der Waals surface area contributed by atoms with E-state index in [0.29, 0.717) is 15.8 Å². The predicted molar refractivity (Wildman–Crippen MR) is 106 cm³/mol. The molecule has 1 saturated carbocycles. The van der Waals surface area contributed by atoms with Gasteiger partial charge in [-0.15, -0.1) is 10.2 Å². The van der Waals surface area contributed by atoms with Crippen molar-refractivity contribution >= 4 is 34.3 Å². The van der Waals surface area contributed by atoms with E-state index in [-0.39, 0.29) is 35.1 Å². The number of nitrogens with two attached hydrogens (primary N) is 2. The first kappa shape index (κ1) is 19.9. The Kier molecular flexibility index (Phi) is 5.40. The molecule has 4 rings (SSSR count). The number of hydrogen-bond donors (Lipinski definition) is 4. The van der Waals surface area contributed by atoms with Gasteiger partial charge in [0.05, 0.1) is 11.7 Å². The average Bonchev–Trinajstić information content (AvgIpc) is 3.13. The Morgan fingerprint density at radius 2 is 2.03 bits per heavy atom. The van der Waals surface area contributed by atoms with Gasteiger partial charge in [0.25, 0.3) is 5.91 Å². The van der Waals surface area contributed by atoms with Crippen molar-refractivity contribution < 1.29 is 13.6 Å². The fraction of sp³-hybridized carbons (Fsp3) is 0.389. The monoisotopic (exact) mass is 417 g/mol. The first-order valence-corrected chi connectivity index (χ1v) is 9.51. The lowest BCUT2D eigenvalue weighted by Gasteiger charge is -2.29. The standard InChI is InChI=1S/C18H21F2N9O/c19-17(20)29-13-6-5-10(7-9(13)8-23-29)24-16-14(15(22)30)27-28-18(26-16)25-12-4-2-1-3-11(12)21/h5-8,11-12,17H,1-4,21H2,(H2,22,30)(H2,24,25,26,28)/t11-,12+/m0/s1. The molecule has 1 aliphatic carbocycles. The third-order valence-electron chi connectivity index (χ3n) is 5.10. The Morgan fingerprint density at radius 3 is 2.77 bits per heavy atom. The summed E-state index contributed by atoms with van der Waals surface area (Å²) in [6.45, 7) is -2.74. The van der Waals surface area contributed by atoms with E-state index in [1.165, 1.54) is 12.3 Å². The Hall–Kier alpha value is -3.41. The lowest BCUT2D eigenvalue weighted by molar-refractivity contribution is 0.0615. The first-order valence-electron chi connectivity index (χ1n) is 9.51. The van der Waals surface area contributed by atoms with E-state index in [0.717, 1.165) is 25.7 Å². The molecule has 1 aromatic carbocycles. The maximum Gasteiger partial charge on any atom is 0.333 e. The number of alkyl halides is 2. The van der Waals surface area contributed by atoms with Gasteiger partial charge in [-0.05, 0) is 31.0 Å². The molecule has 0 bridgehead atoms. The molecule has 30 heavy (non-hydrogen) atoms. The third kappa shape index (κ3) is 3.99. The largest absolute Gasteiger partial charge is 0.364 e. The molecule has 2 aromatic heterocycles. The number of aromatic nitrogens is 5. The molecule has 3 aromatic rings. The van der Waals surface area contributed by atoms with Crippen molar-refractivity contribution in [3.63, 3.8) is 0 Å². The molecule has 0 radical (unpaired) electrons. The zero-order valence-electron chi connectivity index (χ0n) is 15.9. The van der Waals surface area contributed by atoms with Gasteiger partial charge in [0.1, 0.15) is 0 Å². The van der Waals surface area contributed by atoms with Crippen LogP contribution in [0.3, 0.4) is 0 Å². The van der Waals surface area contributed by atoms with Crippen LogP contribution in [0.25, 0.3) is 10.9 Å². The highest BCUT2D eigenvalue weighted by Crippen LogP contribution is 2.26. The van der Waals surface area contributed by atoms with Crippen LogP contribution in [0.1, 0.15) is 42.7 Å². The van der Waals surface area contributed by atoms with Crippen molar-refractivity contribution in [3.8, 4) is 0 Å². The molecule has 0 aliphatic heterocycles. The molecule has 2 atom stereocenters. The van der Waals surface area contributed by atoms with Crippen LogP contribution in [0.5, 0.6) is 0 Å². The number of anilines is 3. The number of fused-ring (bicyclic) bond motifs is 1. The summed E-state index contributed by atoms with van der Waals surface area (Å²) in [6, 6.07) is 4.65. The summed E-state index contributed by atoms with van der Waals surface area (Å²) in [6.07, 6.45) is 5.25. The second-order valence-electron chi connectivity index (χ2n) is 7.16. The minimum absolute atomic E-state index is 0.00404. The van der Waals surface area contributed by atoms with Crippen LogP contribution in [0.4, 0.5) is 26.2 Å². The minimum atomic E-state index is -2.74. The zero-order chi connectivity index (χ0) is 21.3. The highest BCUT2D eigenvalue weighted by Gasteiger charge is 2.23. The second-order valence-corrected chi connectivity index (χ2v) is 7.16. The van der Waals surface area contributed by atoms with Crippen LogP contribution in [0.2, 0.25) is 0 Å². The molecular weight excluding hydrogens is 396 g/mol. The van der Waals surface area contributed by atoms with Gasteiger partial charge in [-0.1, -0.05) is 12.8 Å². The Morgan fingerprint density at radius 1 is 1.23 bits per heavy atom. The van der Waals surface area contributed by atoms with Gasteiger partial charge in [-0.3, -0.25) is 4.79 Å². The van der Waals surface area contributed by atoms with Crippen LogP contribution >= 0.6 is 0 Å². The number of nitrogens with zero attached hydrogens (tertiary/aromatic N) is 5. The van der Waals surface area contributed by atoms with E-state index in [4.69, 9.17) is 11.5 Å². The van der Waals surface area contributed by atoms with Crippen LogP contribution in [-0.4, -0.2) is 43.0 Å². The second kappa shape index (κ2) is 8.14. The Labute approximate surface area is 170 Å². The topological polar surface area (TPSA) is 150 Å². The van der Waals surface area contributed by atoms with E-state index in [2.05, 4.69) is 30.9 Å². The number of primary amides is 1. The number of rotatable bonds is 6. The van der Waals surface area contributed by atoms with Crippen molar-refractivity contribution in [2.75, 3.05) is 10.6 Å². The summed E-state index contributed by atoms with van der Waals surface area (Å²) in [5.74, 6) is -0.480. The lowest BCUT2D eigenvalue weighted by atomic mass is 9.91. The number of benzene rings is 1. The third-order valence-corrected chi connectivity index (χ3v) is 5.10. The molecule has 0 spiro atoms. The van der Waals surface area contributed by atoms with Gasteiger partial charge in [0, 0.05) is 23.2 Å². The normalized spacial score (nSPS) is 19.2. The molecule has 0 unspecified atom stereocenters. The van der Waals surface area contributed by atoms with Crippen LogP contribution in [0.15, 0.2) is 24.4 Å². The van der Waals surface area contributed by atoms with Crippen LogP contribution in [-0.2, 0) is 0 Å². The summed E-state index contributed by atoms with van der Waals surface area (Å²) in [5, 5.41) is 18.1. The molecule has 6 N–H and O–H groups in total. The number of nitrogens with one attached hydrogen (secondary N) is 2. The maximum absolute atomic E-state index is 13.0. The molecule has 1 amide bonds. The van der Waals surface area contributed by atoms with Gasteiger partial charge in [0.2, 0.25) is 5.95 Å². The van der Waals surface area contributed by atoms with Crippen molar-refractivity contribution in [3.05, 3.63) is 30.1 Å². The van der Waals surface area contributed by atoms with Gasteiger partial charge in [0.15, 0.2) is 11.5 Å². The van der Waals surface area contributed by atoms with Crippen LogP contribution in [0, 0.1) is 0 Å². The van der Waals surface area contributed by atoms with Gasteiger partial charge in [-0.25, -0.2) is 4.68 Å². The van der Waals surface area contributed by atoms with Crippen molar-refractivity contribution in [1.82, 2.24) is 25.0 Å². The Balaban J connectivity index is 1.61. The smallest absolute Gasteiger partial charge is 0.333 e. The van der Waals surface area contributed by atoms with E-state index in [9.17, 15) is 13.6 Å². The van der Waals surface area contributed by atoms with Crippen molar-refractivity contribution in [2.45, 2.75) is 44.3 Å². The average molecular weight is 417 g/mol. The molecular formula is C18H21F2N9O. The number of carbonyl (C=O) groups is 1. The number of hydrogen-bond acceptors (Lipinski definition) is 8. The van der Waals surface area contributed by atoms with E-state index < -0.39 is 12.5 Å². The fourth-order valence-electron chi connectivity index (χ4n) is 3.57. The van der Waals surface area contributed by atoms with Crippen molar-refractivity contribution in [1.29, 1.82) is 0 Å². The maximum atomic E-state index is 13.0. The van der Waals surface area contributed by atoms with Crippen molar-refractivity contribution in [2.24, 2.45) is 11.5 Å². The quantitative estimate of drug-likeness (QED) is 0.476. The van der Waals surface area contributed by atoms with E-state index in [1.807, 2.05) is 0 Å².